The Hall–Kier alpha value is -0.130. The van der Waals surface area contributed by atoms with Gasteiger partial charge in [-0.05, 0) is 51.8 Å². The third kappa shape index (κ3) is 3.20. The first kappa shape index (κ1) is 13.3. The Labute approximate surface area is 119 Å². The Kier molecular flexibility index (Phi) is 4.44. The standard InChI is InChI=1S/C12H17Br2N3/c1-9(2)16-3-5-17(6-4-16)12-11(14)7-10(13)8-15-12/h7-9H,3-6H2,1-2H3. The van der Waals surface area contributed by atoms with Crippen LogP contribution in [0.5, 0.6) is 0 Å². The smallest absolute Gasteiger partial charge is 0.143 e. The molecule has 94 valence electrons. The van der Waals surface area contributed by atoms with E-state index in [0.717, 1.165) is 40.9 Å². The van der Waals surface area contributed by atoms with Crippen molar-refractivity contribution in [2.75, 3.05) is 31.1 Å². The van der Waals surface area contributed by atoms with Gasteiger partial charge in [-0.25, -0.2) is 4.98 Å². The predicted octanol–water partition coefficient (Wildman–Crippen LogP) is 3.14. The van der Waals surface area contributed by atoms with Crippen LogP contribution in [0, 0.1) is 0 Å². The number of halogens is 2. The lowest BCUT2D eigenvalue weighted by Gasteiger charge is -2.37. The molecule has 1 aromatic rings. The minimum atomic E-state index is 0.637. The highest BCUT2D eigenvalue weighted by atomic mass is 79.9. The number of piperazine rings is 1. The number of anilines is 1. The number of nitrogens with zero attached hydrogens (tertiary/aromatic N) is 3. The lowest BCUT2D eigenvalue weighted by Crippen LogP contribution is -2.49. The normalized spacial score (nSPS) is 17.8. The summed E-state index contributed by atoms with van der Waals surface area (Å²) >= 11 is 7.01. The molecular weight excluding hydrogens is 346 g/mol. The Balaban J connectivity index is 2.05. The van der Waals surface area contributed by atoms with Gasteiger partial charge in [-0.2, -0.15) is 0 Å². The van der Waals surface area contributed by atoms with Gasteiger partial charge < -0.3 is 4.90 Å². The van der Waals surface area contributed by atoms with Gasteiger partial charge in [0.2, 0.25) is 0 Å². The highest BCUT2D eigenvalue weighted by Crippen LogP contribution is 2.27. The summed E-state index contributed by atoms with van der Waals surface area (Å²) in [7, 11) is 0. The van der Waals surface area contributed by atoms with Gasteiger partial charge in [0.05, 0.1) is 4.47 Å². The van der Waals surface area contributed by atoms with E-state index in [0.29, 0.717) is 6.04 Å². The quantitative estimate of drug-likeness (QED) is 0.805. The first-order chi connectivity index (χ1) is 8.08. The number of aromatic nitrogens is 1. The average Bonchev–Trinajstić information content (AvgIpc) is 2.29. The van der Waals surface area contributed by atoms with E-state index >= 15 is 0 Å². The molecule has 0 unspecified atom stereocenters. The first-order valence-corrected chi connectivity index (χ1v) is 7.46. The van der Waals surface area contributed by atoms with Crippen molar-refractivity contribution in [2.45, 2.75) is 19.9 Å². The van der Waals surface area contributed by atoms with E-state index < -0.39 is 0 Å². The van der Waals surface area contributed by atoms with Gasteiger partial charge >= 0.3 is 0 Å². The Morgan fingerprint density at radius 2 is 1.82 bits per heavy atom. The van der Waals surface area contributed by atoms with Crippen LogP contribution in [-0.2, 0) is 0 Å². The molecular formula is C12H17Br2N3. The molecule has 2 rings (SSSR count). The summed E-state index contributed by atoms with van der Waals surface area (Å²) in [5.74, 6) is 1.05. The van der Waals surface area contributed by atoms with Crippen LogP contribution >= 0.6 is 31.9 Å². The van der Waals surface area contributed by atoms with Gasteiger partial charge in [-0.1, -0.05) is 0 Å². The zero-order valence-corrected chi connectivity index (χ0v) is 13.3. The van der Waals surface area contributed by atoms with E-state index in [-0.39, 0.29) is 0 Å². The minimum Gasteiger partial charge on any atom is -0.353 e. The monoisotopic (exact) mass is 361 g/mol. The fraction of sp³-hybridized carbons (Fsp3) is 0.583. The highest BCUT2D eigenvalue weighted by Gasteiger charge is 2.21. The maximum atomic E-state index is 4.49. The SMILES string of the molecule is CC(C)N1CCN(c2ncc(Br)cc2Br)CC1. The van der Waals surface area contributed by atoms with Gasteiger partial charge in [0.25, 0.3) is 0 Å². The van der Waals surface area contributed by atoms with Crippen molar-refractivity contribution < 1.29 is 0 Å². The molecule has 0 aromatic carbocycles. The maximum Gasteiger partial charge on any atom is 0.143 e. The van der Waals surface area contributed by atoms with Crippen LogP contribution in [-0.4, -0.2) is 42.1 Å². The highest BCUT2D eigenvalue weighted by molar-refractivity contribution is 9.11. The molecule has 1 aliphatic rings. The summed E-state index contributed by atoms with van der Waals surface area (Å²) in [5.41, 5.74) is 0. The minimum absolute atomic E-state index is 0.637. The summed E-state index contributed by atoms with van der Waals surface area (Å²) in [6.45, 7) is 8.83. The average molecular weight is 363 g/mol. The molecule has 0 N–H and O–H groups in total. The summed E-state index contributed by atoms with van der Waals surface area (Å²) in [6.07, 6.45) is 1.86. The number of rotatable bonds is 2. The third-order valence-corrected chi connectivity index (χ3v) is 4.15. The molecule has 0 bridgehead atoms. The largest absolute Gasteiger partial charge is 0.353 e. The topological polar surface area (TPSA) is 19.4 Å². The number of hydrogen-bond acceptors (Lipinski definition) is 3. The Morgan fingerprint density at radius 3 is 2.35 bits per heavy atom. The third-order valence-electron chi connectivity index (χ3n) is 3.13. The summed E-state index contributed by atoms with van der Waals surface area (Å²) < 4.78 is 2.07. The fourth-order valence-electron chi connectivity index (χ4n) is 2.09. The molecule has 1 saturated heterocycles. The molecule has 1 aliphatic heterocycles. The summed E-state index contributed by atoms with van der Waals surface area (Å²) in [6, 6.07) is 2.69. The van der Waals surface area contributed by atoms with Crippen molar-refractivity contribution in [2.24, 2.45) is 0 Å². The molecule has 0 saturated carbocycles. The van der Waals surface area contributed by atoms with Crippen molar-refractivity contribution in [3.63, 3.8) is 0 Å². The molecule has 17 heavy (non-hydrogen) atoms. The molecule has 0 amide bonds. The molecule has 1 fully saturated rings. The zero-order chi connectivity index (χ0) is 12.4. The number of hydrogen-bond donors (Lipinski definition) is 0. The second-order valence-corrected chi connectivity index (χ2v) is 6.35. The summed E-state index contributed by atoms with van der Waals surface area (Å²) in [5, 5.41) is 0. The Morgan fingerprint density at radius 1 is 1.18 bits per heavy atom. The van der Waals surface area contributed by atoms with Crippen LogP contribution in [0.25, 0.3) is 0 Å². The molecule has 0 radical (unpaired) electrons. The van der Waals surface area contributed by atoms with E-state index in [4.69, 9.17) is 0 Å². The molecule has 3 nitrogen and oxygen atoms in total. The molecule has 2 heterocycles. The van der Waals surface area contributed by atoms with Crippen molar-refractivity contribution in [3.8, 4) is 0 Å². The second-order valence-electron chi connectivity index (χ2n) is 4.58. The van der Waals surface area contributed by atoms with E-state index in [1.807, 2.05) is 6.20 Å². The Bertz CT molecular complexity index is 387. The molecule has 0 spiro atoms. The first-order valence-electron chi connectivity index (χ1n) is 5.88. The van der Waals surface area contributed by atoms with Crippen LogP contribution in [0.3, 0.4) is 0 Å². The second kappa shape index (κ2) is 5.67. The van der Waals surface area contributed by atoms with Crippen molar-refractivity contribution in [3.05, 3.63) is 21.2 Å². The van der Waals surface area contributed by atoms with Crippen molar-refractivity contribution >= 4 is 37.7 Å². The molecule has 0 atom stereocenters. The molecule has 5 heteroatoms. The van der Waals surface area contributed by atoms with Gasteiger partial charge in [0, 0.05) is 42.9 Å². The fourth-order valence-corrected chi connectivity index (χ4v) is 3.33. The van der Waals surface area contributed by atoms with Crippen LogP contribution < -0.4 is 4.90 Å². The van der Waals surface area contributed by atoms with E-state index in [9.17, 15) is 0 Å². The van der Waals surface area contributed by atoms with Gasteiger partial charge in [-0.15, -0.1) is 0 Å². The molecule has 1 aromatic heterocycles. The van der Waals surface area contributed by atoms with E-state index in [1.165, 1.54) is 0 Å². The van der Waals surface area contributed by atoms with Crippen LogP contribution in [0.15, 0.2) is 21.2 Å². The van der Waals surface area contributed by atoms with Crippen LogP contribution in [0.4, 0.5) is 5.82 Å². The van der Waals surface area contributed by atoms with Crippen molar-refractivity contribution in [1.82, 2.24) is 9.88 Å². The number of pyridine rings is 1. The van der Waals surface area contributed by atoms with Crippen molar-refractivity contribution in [1.29, 1.82) is 0 Å². The van der Waals surface area contributed by atoms with E-state index in [2.05, 4.69) is 66.6 Å². The van der Waals surface area contributed by atoms with Crippen LogP contribution in [0.1, 0.15) is 13.8 Å². The van der Waals surface area contributed by atoms with Crippen LogP contribution in [0.2, 0.25) is 0 Å². The zero-order valence-electron chi connectivity index (χ0n) is 10.2. The molecule has 0 aliphatic carbocycles. The lowest BCUT2D eigenvalue weighted by molar-refractivity contribution is 0.209. The van der Waals surface area contributed by atoms with Gasteiger partial charge in [0.1, 0.15) is 5.82 Å². The predicted molar refractivity (Wildman–Crippen MR) is 78.6 cm³/mol. The van der Waals surface area contributed by atoms with Gasteiger partial charge in [-0.3, -0.25) is 4.90 Å². The summed E-state index contributed by atoms with van der Waals surface area (Å²) in [4.78, 5) is 9.33. The lowest BCUT2D eigenvalue weighted by atomic mass is 10.2. The van der Waals surface area contributed by atoms with E-state index in [1.54, 1.807) is 0 Å². The maximum absolute atomic E-state index is 4.49. The van der Waals surface area contributed by atoms with Gasteiger partial charge in [0.15, 0.2) is 0 Å².